The highest BCUT2D eigenvalue weighted by Gasteiger charge is 2.04. The summed E-state index contributed by atoms with van der Waals surface area (Å²) in [6.07, 6.45) is 1.36. The van der Waals surface area contributed by atoms with E-state index >= 15 is 0 Å². The first-order chi connectivity index (χ1) is 7.40. The zero-order chi connectivity index (χ0) is 10.5. The van der Waals surface area contributed by atoms with Crippen LogP contribution in [0.3, 0.4) is 0 Å². The maximum atomic E-state index is 8.45. The van der Waals surface area contributed by atoms with Crippen molar-refractivity contribution in [3.05, 3.63) is 46.7 Å². The molecular weight excluding hydrogens is 210 g/mol. The first-order valence-electron chi connectivity index (χ1n) is 4.38. The van der Waals surface area contributed by atoms with E-state index in [-0.39, 0.29) is 0 Å². The first kappa shape index (κ1) is 9.73. The fourth-order valence-electron chi connectivity index (χ4n) is 1.16. The van der Waals surface area contributed by atoms with E-state index in [2.05, 4.69) is 5.16 Å². The van der Waals surface area contributed by atoms with Gasteiger partial charge in [0.2, 0.25) is 0 Å². The first-order valence-corrected chi connectivity index (χ1v) is 5.26. The Balaban J connectivity index is 2.21. The van der Waals surface area contributed by atoms with Gasteiger partial charge in [0.25, 0.3) is 0 Å². The summed E-state index contributed by atoms with van der Waals surface area (Å²) in [5, 5.41) is 13.3. The summed E-state index contributed by atoms with van der Waals surface area (Å²) in [6.45, 7) is 0. The molecule has 0 fully saturated rings. The van der Waals surface area contributed by atoms with Crippen molar-refractivity contribution < 1.29 is 9.94 Å². The third-order valence-corrected chi connectivity index (χ3v) is 2.64. The summed E-state index contributed by atoms with van der Waals surface area (Å²) in [4.78, 5) is 0.793. The van der Waals surface area contributed by atoms with Crippen molar-refractivity contribution in [1.82, 2.24) is 0 Å². The Morgan fingerprint density at radius 1 is 1.20 bits per heavy atom. The number of hydrogen-bond acceptors (Lipinski definition) is 4. The molecule has 1 aromatic heterocycles. The van der Waals surface area contributed by atoms with Crippen molar-refractivity contribution in [2.75, 3.05) is 0 Å². The van der Waals surface area contributed by atoms with Gasteiger partial charge in [-0.1, -0.05) is 23.4 Å². The van der Waals surface area contributed by atoms with Crippen LogP contribution < -0.4 is 4.74 Å². The summed E-state index contributed by atoms with van der Waals surface area (Å²) in [6, 6.07) is 11.3. The van der Waals surface area contributed by atoms with Gasteiger partial charge < -0.3 is 9.94 Å². The molecule has 3 nitrogen and oxygen atoms in total. The molecule has 1 N–H and O–H groups in total. The lowest BCUT2D eigenvalue weighted by atomic mass is 10.3. The fourth-order valence-corrected chi connectivity index (χ4v) is 1.83. The van der Waals surface area contributed by atoms with Crippen LogP contribution >= 0.6 is 11.3 Å². The summed E-state index contributed by atoms with van der Waals surface area (Å²) in [5.74, 6) is 1.47. The van der Waals surface area contributed by atoms with Gasteiger partial charge in [-0.15, -0.1) is 11.3 Å². The van der Waals surface area contributed by atoms with Gasteiger partial charge in [0.15, 0.2) is 0 Å². The van der Waals surface area contributed by atoms with Crippen LogP contribution in [0.25, 0.3) is 0 Å². The lowest BCUT2D eigenvalue weighted by Gasteiger charge is -2.03. The van der Waals surface area contributed by atoms with Gasteiger partial charge in [-0.2, -0.15) is 0 Å². The number of rotatable bonds is 3. The van der Waals surface area contributed by atoms with Crippen LogP contribution in [0.15, 0.2) is 46.9 Å². The van der Waals surface area contributed by atoms with Crippen molar-refractivity contribution in [2.24, 2.45) is 5.16 Å². The zero-order valence-corrected chi connectivity index (χ0v) is 8.65. The minimum absolute atomic E-state index is 0.698. The van der Waals surface area contributed by atoms with Crippen LogP contribution in [0.5, 0.6) is 11.5 Å². The molecule has 0 aliphatic carbocycles. The van der Waals surface area contributed by atoms with Crippen LogP contribution in [0, 0.1) is 0 Å². The quantitative estimate of drug-likeness (QED) is 0.488. The number of benzene rings is 1. The van der Waals surface area contributed by atoms with Gasteiger partial charge in [0, 0.05) is 0 Å². The predicted octanol–water partition coefficient (Wildman–Crippen LogP) is 3.35. The predicted molar refractivity (Wildman–Crippen MR) is 60.2 cm³/mol. The van der Waals surface area contributed by atoms with Gasteiger partial charge in [-0.05, 0) is 23.6 Å². The Hall–Kier alpha value is -1.81. The van der Waals surface area contributed by atoms with Crippen molar-refractivity contribution in [2.45, 2.75) is 0 Å². The Morgan fingerprint density at radius 3 is 2.73 bits per heavy atom. The molecule has 0 atom stereocenters. The largest absolute Gasteiger partial charge is 0.456 e. The van der Waals surface area contributed by atoms with Crippen molar-refractivity contribution in [3.63, 3.8) is 0 Å². The van der Waals surface area contributed by atoms with Crippen LogP contribution in [-0.2, 0) is 0 Å². The molecule has 0 radical (unpaired) electrons. The Labute approximate surface area is 91.3 Å². The maximum absolute atomic E-state index is 8.45. The van der Waals surface area contributed by atoms with E-state index in [1.54, 1.807) is 0 Å². The van der Waals surface area contributed by atoms with Crippen LogP contribution in [0.2, 0.25) is 0 Å². The van der Waals surface area contributed by atoms with E-state index in [0.29, 0.717) is 5.75 Å². The highest BCUT2D eigenvalue weighted by Crippen LogP contribution is 2.28. The third kappa shape index (κ3) is 2.35. The monoisotopic (exact) mass is 219 g/mol. The molecule has 2 aromatic rings. The van der Waals surface area contributed by atoms with Gasteiger partial charge in [-0.3, -0.25) is 0 Å². The second-order valence-corrected chi connectivity index (χ2v) is 3.76. The number of ether oxygens (including phenoxy) is 1. The number of para-hydroxylation sites is 1. The summed E-state index contributed by atoms with van der Waals surface area (Å²) >= 11 is 1.46. The molecule has 15 heavy (non-hydrogen) atoms. The Kier molecular flexibility index (Phi) is 2.99. The topological polar surface area (TPSA) is 41.8 Å². The van der Waals surface area contributed by atoms with E-state index in [4.69, 9.17) is 9.94 Å². The molecule has 0 unspecified atom stereocenters. The molecule has 1 aromatic carbocycles. The molecule has 1 heterocycles. The van der Waals surface area contributed by atoms with Gasteiger partial charge in [0.05, 0.1) is 11.1 Å². The van der Waals surface area contributed by atoms with E-state index in [1.807, 2.05) is 41.8 Å². The fraction of sp³-hybridized carbons (Fsp3) is 0. The van der Waals surface area contributed by atoms with Crippen molar-refractivity contribution in [1.29, 1.82) is 0 Å². The highest BCUT2D eigenvalue weighted by molar-refractivity contribution is 7.12. The summed E-state index contributed by atoms with van der Waals surface area (Å²) < 4.78 is 5.61. The molecule has 0 aliphatic heterocycles. The zero-order valence-electron chi connectivity index (χ0n) is 7.83. The highest BCUT2D eigenvalue weighted by atomic mass is 32.1. The molecular formula is C11H9NO2S. The molecule has 0 saturated heterocycles. The molecule has 0 bridgehead atoms. The second kappa shape index (κ2) is 4.61. The molecule has 0 spiro atoms. The smallest absolute Gasteiger partial charge is 0.147 e. The van der Waals surface area contributed by atoms with Crippen LogP contribution in [-0.4, -0.2) is 11.4 Å². The van der Waals surface area contributed by atoms with Crippen molar-refractivity contribution >= 4 is 17.6 Å². The van der Waals surface area contributed by atoms with Gasteiger partial charge in [0.1, 0.15) is 11.5 Å². The van der Waals surface area contributed by atoms with Gasteiger partial charge >= 0.3 is 0 Å². The van der Waals surface area contributed by atoms with Gasteiger partial charge in [-0.25, -0.2) is 0 Å². The molecule has 2 rings (SSSR count). The van der Waals surface area contributed by atoms with E-state index in [9.17, 15) is 0 Å². The third-order valence-electron chi connectivity index (χ3n) is 1.80. The SMILES string of the molecule is O/N=C/c1sccc1Oc1ccccc1. The maximum Gasteiger partial charge on any atom is 0.147 e. The molecule has 0 saturated carbocycles. The minimum atomic E-state index is 0.698. The average molecular weight is 219 g/mol. The number of oxime groups is 1. The van der Waals surface area contributed by atoms with Crippen LogP contribution in [0.1, 0.15) is 4.88 Å². The van der Waals surface area contributed by atoms with Crippen LogP contribution in [0.4, 0.5) is 0 Å². The minimum Gasteiger partial charge on any atom is -0.456 e. The number of thiophene rings is 1. The molecule has 0 aliphatic rings. The number of nitrogens with zero attached hydrogens (tertiary/aromatic N) is 1. The summed E-state index contributed by atoms with van der Waals surface area (Å²) in [5.41, 5.74) is 0. The molecule has 4 heteroatoms. The van der Waals surface area contributed by atoms with E-state index in [1.165, 1.54) is 17.6 Å². The lowest BCUT2D eigenvalue weighted by Crippen LogP contribution is -1.85. The average Bonchev–Trinajstić information content (AvgIpc) is 2.68. The standard InChI is InChI=1S/C11H9NO2S/c13-12-8-11-10(6-7-15-11)14-9-4-2-1-3-5-9/h1-8,13H/b12-8+. The van der Waals surface area contributed by atoms with E-state index < -0.39 is 0 Å². The lowest BCUT2D eigenvalue weighted by molar-refractivity contribution is 0.321. The second-order valence-electron chi connectivity index (χ2n) is 2.81. The van der Waals surface area contributed by atoms with E-state index in [0.717, 1.165) is 10.6 Å². The normalized spacial score (nSPS) is 10.7. The molecule has 76 valence electrons. The Bertz CT molecular complexity index is 451. The summed E-state index contributed by atoms with van der Waals surface area (Å²) in [7, 11) is 0. The Morgan fingerprint density at radius 2 is 2.00 bits per heavy atom. The number of hydrogen-bond donors (Lipinski definition) is 1. The molecule has 0 amide bonds. The van der Waals surface area contributed by atoms with Crippen molar-refractivity contribution in [3.8, 4) is 11.5 Å².